The lowest BCUT2D eigenvalue weighted by Gasteiger charge is -2.21. The lowest BCUT2D eigenvalue weighted by molar-refractivity contribution is 0.410. The lowest BCUT2D eigenvalue weighted by Crippen LogP contribution is -2.33. The third kappa shape index (κ3) is 3.39. The van der Waals surface area contributed by atoms with Gasteiger partial charge in [0.15, 0.2) is 0 Å². The topological polar surface area (TPSA) is 67.2 Å². The van der Waals surface area contributed by atoms with Crippen LogP contribution in [0.2, 0.25) is 0 Å². The summed E-state index contributed by atoms with van der Waals surface area (Å²) < 4.78 is 28.4. The van der Waals surface area contributed by atoms with Crippen LogP contribution in [0.3, 0.4) is 0 Å². The van der Waals surface area contributed by atoms with Crippen LogP contribution in [0.15, 0.2) is 4.90 Å². The molecule has 0 amide bonds. The molecule has 1 aromatic heterocycles. The van der Waals surface area contributed by atoms with Crippen molar-refractivity contribution in [3.8, 4) is 0 Å². The standard InChI is InChI=1S/C13H26N4O2S/c1-10(2)16(6)20(18,19)13-11(3)15-17(12(13)4)9-7-8-14-5/h10,14H,7-9H2,1-6H3. The van der Waals surface area contributed by atoms with E-state index in [2.05, 4.69) is 10.4 Å². The molecular formula is C13H26N4O2S. The molecule has 0 fully saturated rings. The molecule has 0 radical (unpaired) electrons. The third-order valence-corrected chi connectivity index (χ3v) is 5.76. The molecule has 0 aliphatic rings. The molecule has 0 unspecified atom stereocenters. The number of aromatic nitrogens is 2. The largest absolute Gasteiger partial charge is 0.320 e. The van der Waals surface area contributed by atoms with E-state index in [1.165, 1.54) is 4.31 Å². The first kappa shape index (κ1) is 17.1. The summed E-state index contributed by atoms with van der Waals surface area (Å²) in [7, 11) is 0.0309. The Bertz CT molecular complexity index is 549. The Balaban J connectivity index is 3.14. The number of aryl methyl sites for hydroxylation is 2. The molecule has 6 nitrogen and oxygen atoms in total. The van der Waals surface area contributed by atoms with E-state index in [1.807, 2.05) is 27.8 Å². The van der Waals surface area contributed by atoms with Crippen molar-refractivity contribution in [3.05, 3.63) is 11.4 Å². The van der Waals surface area contributed by atoms with Gasteiger partial charge < -0.3 is 5.32 Å². The molecular weight excluding hydrogens is 276 g/mol. The van der Waals surface area contributed by atoms with E-state index in [1.54, 1.807) is 18.7 Å². The van der Waals surface area contributed by atoms with Gasteiger partial charge >= 0.3 is 0 Å². The number of hydrogen-bond donors (Lipinski definition) is 1. The average molecular weight is 302 g/mol. The van der Waals surface area contributed by atoms with Crippen molar-refractivity contribution < 1.29 is 8.42 Å². The van der Waals surface area contributed by atoms with Crippen molar-refractivity contribution in [2.24, 2.45) is 0 Å². The van der Waals surface area contributed by atoms with E-state index in [9.17, 15) is 8.42 Å². The minimum absolute atomic E-state index is 0.0774. The van der Waals surface area contributed by atoms with Crippen LogP contribution < -0.4 is 5.32 Å². The SMILES string of the molecule is CNCCCn1nc(C)c(S(=O)(=O)N(C)C(C)C)c1C. The van der Waals surface area contributed by atoms with Gasteiger partial charge in [0.2, 0.25) is 10.0 Å². The molecule has 1 aromatic rings. The van der Waals surface area contributed by atoms with Crippen molar-refractivity contribution in [2.45, 2.75) is 51.6 Å². The highest BCUT2D eigenvalue weighted by Crippen LogP contribution is 2.24. The highest BCUT2D eigenvalue weighted by Gasteiger charge is 2.29. The van der Waals surface area contributed by atoms with Crippen LogP contribution >= 0.6 is 0 Å². The number of rotatable bonds is 7. The molecule has 0 aliphatic heterocycles. The van der Waals surface area contributed by atoms with Gasteiger partial charge in [-0.1, -0.05) is 0 Å². The van der Waals surface area contributed by atoms with Crippen LogP contribution in [0.5, 0.6) is 0 Å². The van der Waals surface area contributed by atoms with Crippen molar-refractivity contribution in [3.63, 3.8) is 0 Å². The number of sulfonamides is 1. The zero-order valence-electron chi connectivity index (χ0n) is 13.3. The first-order valence-corrected chi connectivity index (χ1v) is 8.34. The van der Waals surface area contributed by atoms with Crippen LogP contribution in [0, 0.1) is 13.8 Å². The van der Waals surface area contributed by atoms with Crippen LogP contribution in [-0.4, -0.2) is 49.2 Å². The van der Waals surface area contributed by atoms with E-state index in [4.69, 9.17) is 0 Å². The van der Waals surface area contributed by atoms with E-state index in [-0.39, 0.29) is 6.04 Å². The molecule has 0 bridgehead atoms. The molecule has 0 spiro atoms. The summed E-state index contributed by atoms with van der Waals surface area (Å²) in [4.78, 5) is 0.346. The monoisotopic (exact) mass is 302 g/mol. The summed E-state index contributed by atoms with van der Waals surface area (Å²) in [5, 5.41) is 7.45. The predicted octanol–water partition coefficient (Wildman–Crippen LogP) is 1.14. The van der Waals surface area contributed by atoms with Gasteiger partial charge in [-0.25, -0.2) is 8.42 Å². The van der Waals surface area contributed by atoms with Gasteiger partial charge in [0.05, 0.1) is 11.4 Å². The van der Waals surface area contributed by atoms with Crippen LogP contribution in [-0.2, 0) is 16.6 Å². The summed E-state index contributed by atoms with van der Waals surface area (Å²) in [6, 6.07) is -0.0774. The molecule has 0 aliphatic carbocycles. The van der Waals surface area contributed by atoms with Gasteiger partial charge in [-0.15, -0.1) is 0 Å². The number of nitrogens with zero attached hydrogens (tertiary/aromatic N) is 3. The summed E-state index contributed by atoms with van der Waals surface area (Å²) in [6.07, 6.45) is 0.915. The maximum atomic E-state index is 12.6. The van der Waals surface area contributed by atoms with Crippen molar-refractivity contribution in [2.75, 3.05) is 20.6 Å². The lowest BCUT2D eigenvalue weighted by atomic mass is 10.4. The molecule has 7 heteroatoms. The Morgan fingerprint density at radius 1 is 1.35 bits per heavy atom. The minimum Gasteiger partial charge on any atom is -0.320 e. The highest BCUT2D eigenvalue weighted by molar-refractivity contribution is 7.89. The third-order valence-electron chi connectivity index (χ3n) is 3.48. The zero-order valence-corrected chi connectivity index (χ0v) is 14.1. The first-order valence-electron chi connectivity index (χ1n) is 6.90. The highest BCUT2D eigenvalue weighted by atomic mass is 32.2. The number of nitrogens with one attached hydrogen (secondary N) is 1. The fourth-order valence-electron chi connectivity index (χ4n) is 2.10. The van der Waals surface area contributed by atoms with E-state index >= 15 is 0 Å². The smallest absolute Gasteiger partial charge is 0.246 e. The molecule has 116 valence electrons. The number of hydrogen-bond acceptors (Lipinski definition) is 4. The maximum absolute atomic E-state index is 12.6. The fraction of sp³-hybridized carbons (Fsp3) is 0.769. The maximum Gasteiger partial charge on any atom is 0.246 e. The van der Waals surface area contributed by atoms with Gasteiger partial charge in [-0.2, -0.15) is 9.40 Å². The van der Waals surface area contributed by atoms with Gasteiger partial charge in [-0.05, 0) is 47.7 Å². The van der Waals surface area contributed by atoms with E-state index in [0.717, 1.165) is 13.0 Å². The normalized spacial score (nSPS) is 12.6. The van der Waals surface area contributed by atoms with Crippen LogP contribution in [0.4, 0.5) is 0 Å². The molecule has 1 heterocycles. The fourth-order valence-corrected chi connectivity index (χ4v) is 3.83. The molecule has 20 heavy (non-hydrogen) atoms. The second kappa shape index (κ2) is 6.69. The van der Waals surface area contributed by atoms with Crippen molar-refractivity contribution in [1.82, 2.24) is 19.4 Å². The summed E-state index contributed by atoms with van der Waals surface area (Å²) in [5.74, 6) is 0. The quantitative estimate of drug-likeness (QED) is 0.767. The molecule has 0 aromatic carbocycles. The summed E-state index contributed by atoms with van der Waals surface area (Å²) in [5.41, 5.74) is 1.28. The Morgan fingerprint density at radius 3 is 2.45 bits per heavy atom. The van der Waals surface area contributed by atoms with Crippen LogP contribution in [0.25, 0.3) is 0 Å². The van der Waals surface area contributed by atoms with E-state index in [0.29, 0.717) is 22.8 Å². The Morgan fingerprint density at radius 2 is 1.95 bits per heavy atom. The van der Waals surface area contributed by atoms with Gasteiger partial charge in [0.1, 0.15) is 4.90 Å². The zero-order chi connectivity index (χ0) is 15.5. The van der Waals surface area contributed by atoms with Crippen molar-refractivity contribution in [1.29, 1.82) is 0 Å². The average Bonchev–Trinajstić information content (AvgIpc) is 2.64. The van der Waals surface area contributed by atoms with Crippen LogP contribution in [0.1, 0.15) is 31.7 Å². The van der Waals surface area contributed by atoms with Gasteiger partial charge in [0.25, 0.3) is 0 Å². The summed E-state index contributed by atoms with van der Waals surface area (Å²) >= 11 is 0. The Hall–Kier alpha value is -0.920. The second-order valence-corrected chi connectivity index (χ2v) is 7.23. The summed E-state index contributed by atoms with van der Waals surface area (Å²) in [6.45, 7) is 8.89. The van der Waals surface area contributed by atoms with Crippen molar-refractivity contribution >= 4 is 10.0 Å². The Labute approximate surface area is 122 Å². The predicted molar refractivity (Wildman–Crippen MR) is 80.3 cm³/mol. The second-order valence-electron chi connectivity index (χ2n) is 5.30. The Kier molecular flexibility index (Phi) is 5.73. The molecule has 1 rings (SSSR count). The molecule has 1 N–H and O–H groups in total. The molecule has 0 saturated carbocycles. The minimum atomic E-state index is -3.47. The molecule has 0 atom stereocenters. The molecule has 0 saturated heterocycles. The van der Waals surface area contributed by atoms with E-state index < -0.39 is 10.0 Å². The van der Waals surface area contributed by atoms with Gasteiger partial charge in [0, 0.05) is 19.6 Å². The first-order chi connectivity index (χ1) is 9.23. The van der Waals surface area contributed by atoms with Gasteiger partial charge in [-0.3, -0.25) is 4.68 Å².